The molecule has 0 unspecified atom stereocenters. The molecule has 0 saturated carbocycles. The van der Waals surface area contributed by atoms with Crippen molar-refractivity contribution in [1.82, 2.24) is 14.9 Å². The molecule has 0 radical (unpaired) electrons. The zero-order valence-electron chi connectivity index (χ0n) is 16.1. The van der Waals surface area contributed by atoms with Crippen LogP contribution in [0.1, 0.15) is 17.0 Å². The van der Waals surface area contributed by atoms with Gasteiger partial charge in [-0.2, -0.15) is 13.2 Å². The number of aromatic nitrogens is 2. The lowest BCUT2D eigenvalue weighted by molar-refractivity contribution is -0.137. The van der Waals surface area contributed by atoms with Crippen molar-refractivity contribution in [3.63, 3.8) is 0 Å². The Hall–Kier alpha value is -2.39. The molecule has 6 nitrogen and oxygen atoms in total. The van der Waals surface area contributed by atoms with E-state index in [1.54, 1.807) is 0 Å². The molecule has 0 bridgehead atoms. The van der Waals surface area contributed by atoms with Crippen LogP contribution >= 0.6 is 11.6 Å². The van der Waals surface area contributed by atoms with Gasteiger partial charge in [0.2, 0.25) is 11.9 Å². The fourth-order valence-electron chi connectivity index (χ4n) is 3.18. The molecular formula is C19H21ClF3N5O. The van der Waals surface area contributed by atoms with E-state index in [2.05, 4.69) is 20.2 Å². The number of carbonyl (C=O) groups excluding carboxylic acids is 1. The molecule has 1 fully saturated rings. The maximum atomic E-state index is 12.9. The van der Waals surface area contributed by atoms with E-state index in [4.69, 9.17) is 11.6 Å². The van der Waals surface area contributed by atoms with Crippen LogP contribution in [0.3, 0.4) is 0 Å². The summed E-state index contributed by atoms with van der Waals surface area (Å²) >= 11 is 5.60. The molecule has 2 aromatic rings. The zero-order chi connectivity index (χ0) is 21.2. The molecule has 1 aliphatic heterocycles. The van der Waals surface area contributed by atoms with Crippen LogP contribution in [-0.4, -0.2) is 53.5 Å². The quantitative estimate of drug-likeness (QED) is 0.809. The van der Waals surface area contributed by atoms with E-state index in [0.29, 0.717) is 32.1 Å². The van der Waals surface area contributed by atoms with Crippen molar-refractivity contribution in [1.29, 1.82) is 0 Å². The van der Waals surface area contributed by atoms with Gasteiger partial charge in [-0.25, -0.2) is 9.97 Å². The molecule has 0 aliphatic carbocycles. The number of hydrogen-bond acceptors (Lipinski definition) is 5. The summed E-state index contributed by atoms with van der Waals surface area (Å²) in [5, 5.41) is 2.11. The Balaban J connectivity index is 1.55. The summed E-state index contributed by atoms with van der Waals surface area (Å²) in [5.74, 6) is 0.295. The summed E-state index contributed by atoms with van der Waals surface area (Å²) < 4.78 is 38.8. The first-order valence-corrected chi connectivity index (χ1v) is 9.46. The molecule has 2 heterocycles. The molecule has 0 atom stereocenters. The Morgan fingerprint density at radius 1 is 1.10 bits per heavy atom. The minimum absolute atomic E-state index is 0.0639. The fourth-order valence-corrected chi connectivity index (χ4v) is 3.40. The van der Waals surface area contributed by atoms with Crippen LogP contribution in [-0.2, 0) is 11.0 Å². The minimum Gasteiger partial charge on any atom is -0.338 e. The number of benzene rings is 1. The molecular weight excluding hydrogens is 407 g/mol. The van der Waals surface area contributed by atoms with Crippen molar-refractivity contribution in [3.8, 4) is 0 Å². The first kappa shape index (κ1) is 21.3. The number of rotatable bonds is 4. The van der Waals surface area contributed by atoms with Crippen LogP contribution in [0.2, 0.25) is 5.02 Å². The SMILES string of the molecule is Cc1cc(C)nc(N2CCN(CC(=O)Nc3ccc(Cl)c(C(F)(F)F)c3)CC2)n1. The van der Waals surface area contributed by atoms with Gasteiger partial charge in [0.15, 0.2) is 0 Å². The second-order valence-corrected chi connectivity index (χ2v) is 7.36. The molecule has 3 rings (SSSR count). The molecule has 29 heavy (non-hydrogen) atoms. The van der Waals surface area contributed by atoms with Crippen LogP contribution in [0.4, 0.5) is 24.8 Å². The number of amides is 1. The van der Waals surface area contributed by atoms with Gasteiger partial charge in [-0.1, -0.05) is 11.6 Å². The van der Waals surface area contributed by atoms with Crippen molar-refractivity contribution in [3.05, 3.63) is 46.2 Å². The van der Waals surface area contributed by atoms with E-state index in [9.17, 15) is 18.0 Å². The number of piperazine rings is 1. The Kier molecular flexibility index (Phi) is 6.28. The fraction of sp³-hybridized carbons (Fsp3) is 0.421. The number of nitrogens with one attached hydrogen (secondary N) is 1. The van der Waals surface area contributed by atoms with Gasteiger partial charge in [0.25, 0.3) is 0 Å². The molecule has 1 amide bonds. The van der Waals surface area contributed by atoms with Crippen molar-refractivity contribution >= 4 is 29.1 Å². The second kappa shape index (κ2) is 8.54. The summed E-state index contributed by atoms with van der Waals surface area (Å²) in [7, 11) is 0. The molecule has 1 aromatic heterocycles. The Bertz CT molecular complexity index is 878. The molecule has 10 heteroatoms. The second-order valence-electron chi connectivity index (χ2n) is 6.95. The summed E-state index contributed by atoms with van der Waals surface area (Å²) in [6, 6.07) is 5.23. The van der Waals surface area contributed by atoms with Gasteiger partial charge < -0.3 is 10.2 Å². The molecule has 156 valence electrons. The number of carbonyl (C=O) groups is 1. The van der Waals surface area contributed by atoms with Crippen LogP contribution in [0.15, 0.2) is 24.3 Å². The first-order valence-electron chi connectivity index (χ1n) is 9.08. The average Bonchev–Trinajstić information content (AvgIpc) is 2.62. The average molecular weight is 428 g/mol. The summed E-state index contributed by atoms with van der Waals surface area (Å²) in [6.07, 6.45) is -4.58. The summed E-state index contributed by atoms with van der Waals surface area (Å²) in [5.41, 5.74) is 0.888. The van der Waals surface area contributed by atoms with Gasteiger partial charge in [-0.3, -0.25) is 9.69 Å². The third-order valence-corrected chi connectivity index (χ3v) is 4.88. The van der Waals surface area contributed by atoms with E-state index >= 15 is 0 Å². The van der Waals surface area contributed by atoms with Gasteiger partial charge in [0.05, 0.1) is 17.1 Å². The van der Waals surface area contributed by atoms with Crippen molar-refractivity contribution in [2.24, 2.45) is 0 Å². The molecule has 1 N–H and O–H groups in total. The summed E-state index contributed by atoms with van der Waals surface area (Å²) in [6.45, 7) is 6.49. The number of hydrogen-bond donors (Lipinski definition) is 1. The minimum atomic E-state index is -4.58. The molecule has 0 spiro atoms. The van der Waals surface area contributed by atoms with E-state index in [0.717, 1.165) is 23.5 Å². The van der Waals surface area contributed by atoms with Crippen LogP contribution < -0.4 is 10.2 Å². The number of aryl methyl sites for hydroxylation is 2. The van der Waals surface area contributed by atoms with Crippen LogP contribution in [0, 0.1) is 13.8 Å². The smallest absolute Gasteiger partial charge is 0.338 e. The third-order valence-electron chi connectivity index (χ3n) is 4.55. The third kappa shape index (κ3) is 5.57. The van der Waals surface area contributed by atoms with Crippen molar-refractivity contribution in [2.45, 2.75) is 20.0 Å². The Labute approximate surface area is 171 Å². The summed E-state index contributed by atoms with van der Waals surface area (Å²) in [4.78, 5) is 25.2. The number of alkyl halides is 3. The highest BCUT2D eigenvalue weighted by atomic mass is 35.5. The van der Waals surface area contributed by atoms with E-state index in [-0.39, 0.29) is 18.1 Å². The van der Waals surface area contributed by atoms with E-state index in [1.807, 2.05) is 24.8 Å². The topological polar surface area (TPSA) is 61.4 Å². The molecule has 1 aliphatic rings. The molecule has 1 aromatic carbocycles. The number of anilines is 2. The lowest BCUT2D eigenvalue weighted by Gasteiger charge is -2.34. The lowest BCUT2D eigenvalue weighted by Crippen LogP contribution is -2.49. The van der Waals surface area contributed by atoms with E-state index < -0.39 is 16.8 Å². The maximum absolute atomic E-state index is 12.9. The first-order chi connectivity index (χ1) is 13.6. The highest BCUT2D eigenvalue weighted by Gasteiger charge is 2.33. The van der Waals surface area contributed by atoms with Crippen LogP contribution in [0.5, 0.6) is 0 Å². The standard InChI is InChI=1S/C19H21ClF3N5O/c1-12-9-13(2)25-18(24-12)28-7-5-27(6-8-28)11-17(29)26-14-3-4-16(20)15(10-14)19(21,22)23/h3-4,9-10H,5-8,11H2,1-2H3,(H,26,29). The van der Waals surface area contributed by atoms with Crippen LogP contribution in [0.25, 0.3) is 0 Å². The molecule has 1 saturated heterocycles. The largest absolute Gasteiger partial charge is 0.417 e. The number of halogens is 4. The monoisotopic (exact) mass is 427 g/mol. The van der Waals surface area contributed by atoms with Crippen molar-refractivity contribution < 1.29 is 18.0 Å². The Morgan fingerprint density at radius 2 is 1.72 bits per heavy atom. The maximum Gasteiger partial charge on any atom is 0.417 e. The highest BCUT2D eigenvalue weighted by Crippen LogP contribution is 2.36. The Morgan fingerprint density at radius 3 is 2.31 bits per heavy atom. The predicted octanol–water partition coefficient (Wildman–Crippen LogP) is 3.53. The predicted molar refractivity (Wildman–Crippen MR) is 105 cm³/mol. The van der Waals surface area contributed by atoms with Gasteiger partial charge in [0, 0.05) is 43.3 Å². The number of nitrogens with zero attached hydrogens (tertiary/aromatic N) is 4. The van der Waals surface area contributed by atoms with Gasteiger partial charge in [0.1, 0.15) is 0 Å². The van der Waals surface area contributed by atoms with Crippen molar-refractivity contribution in [2.75, 3.05) is 42.9 Å². The van der Waals surface area contributed by atoms with Gasteiger partial charge in [-0.15, -0.1) is 0 Å². The zero-order valence-corrected chi connectivity index (χ0v) is 16.8. The van der Waals surface area contributed by atoms with E-state index in [1.165, 1.54) is 6.07 Å². The van der Waals surface area contributed by atoms with Gasteiger partial charge >= 0.3 is 6.18 Å². The van der Waals surface area contributed by atoms with Gasteiger partial charge in [-0.05, 0) is 38.1 Å². The highest BCUT2D eigenvalue weighted by molar-refractivity contribution is 6.31. The normalized spacial score (nSPS) is 15.4. The lowest BCUT2D eigenvalue weighted by atomic mass is 10.2.